The molecule has 0 spiro atoms. The van der Waals surface area contributed by atoms with Crippen molar-refractivity contribution in [2.45, 2.75) is 103 Å². The number of carbonyl (C=O) groups excluding carboxylic acids is 1. The summed E-state index contributed by atoms with van der Waals surface area (Å²) < 4.78 is 5.16. The van der Waals surface area contributed by atoms with Gasteiger partial charge in [0.1, 0.15) is 0 Å². The van der Waals surface area contributed by atoms with Crippen LogP contribution in [0.15, 0.2) is 30.4 Å². The van der Waals surface area contributed by atoms with Gasteiger partial charge in [-0.05, 0) is 62.6 Å². The summed E-state index contributed by atoms with van der Waals surface area (Å²) in [7, 11) is 1.59. The van der Waals surface area contributed by atoms with Gasteiger partial charge in [-0.15, -0.1) is 0 Å². The fourth-order valence-corrected chi connectivity index (χ4v) is 3.68. The van der Waals surface area contributed by atoms with Crippen LogP contribution in [0.1, 0.15) is 102 Å². The second-order valence-electron chi connectivity index (χ2n) is 8.26. The molecule has 1 amide bonds. The lowest BCUT2D eigenvalue weighted by Crippen LogP contribution is -2.09. The van der Waals surface area contributed by atoms with Gasteiger partial charge in [0.2, 0.25) is 5.91 Å². The van der Waals surface area contributed by atoms with Gasteiger partial charge in [-0.1, -0.05) is 69.6 Å². The van der Waals surface area contributed by atoms with Crippen LogP contribution in [0, 0.1) is 0 Å². The van der Waals surface area contributed by atoms with Gasteiger partial charge in [0, 0.05) is 6.42 Å². The molecule has 4 heteroatoms. The number of nitrogens with two attached hydrogens (primary N) is 1. The molecule has 0 fully saturated rings. The zero-order valence-electron chi connectivity index (χ0n) is 19.0. The highest BCUT2D eigenvalue weighted by Crippen LogP contribution is 2.27. The Morgan fingerprint density at radius 2 is 1.40 bits per heavy atom. The summed E-state index contributed by atoms with van der Waals surface area (Å²) in [5, 5.41) is 9.63. The number of phenols is 1. The Labute approximate surface area is 183 Å². The summed E-state index contributed by atoms with van der Waals surface area (Å²) in [4.78, 5) is 10.6. The van der Waals surface area contributed by atoms with E-state index in [0.29, 0.717) is 12.2 Å². The van der Waals surface area contributed by atoms with E-state index in [9.17, 15) is 9.90 Å². The molecular weight excluding hydrogens is 374 g/mol. The summed E-state index contributed by atoms with van der Waals surface area (Å²) in [5.74, 6) is 0.605. The third-order valence-electron chi connectivity index (χ3n) is 5.54. The van der Waals surface area contributed by atoms with Gasteiger partial charge in [0.25, 0.3) is 0 Å². The zero-order chi connectivity index (χ0) is 21.9. The number of rotatable bonds is 19. The van der Waals surface area contributed by atoms with Crippen molar-refractivity contribution in [2.75, 3.05) is 7.11 Å². The number of unbranched alkanes of at least 4 members (excludes halogenated alkanes) is 12. The molecule has 1 rings (SSSR count). The molecule has 3 N–H and O–H groups in total. The summed E-state index contributed by atoms with van der Waals surface area (Å²) in [6.45, 7) is 0. The maximum atomic E-state index is 10.6. The number of methoxy groups -OCH3 is 1. The first kappa shape index (κ1) is 26.1. The topological polar surface area (TPSA) is 72.5 Å². The third kappa shape index (κ3) is 14.1. The van der Waals surface area contributed by atoms with Crippen molar-refractivity contribution >= 4 is 5.91 Å². The van der Waals surface area contributed by atoms with Crippen molar-refractivity contribution in [3.8, 4) is 11.5 Å². The Balaban J connectivity index is 1.84. The van der Waals surface area contributed by atoms with Crippen LogP contribution < -0.4 is 10.5 Å². The normalized spacial score (nSPS) is 11.2. The summed E-state index contributed by atoms with van der Waals surface area (Å²) in [5.41, 5.74) is 6.37. The fraction of sp³-hybridized carbons (Fsp3) is 0.654. The average molecular weight is 418 g/mol. The van der Waals surface area contributed by atoms with E-state index in [-0.39, 0.29) is 11.7 Å². The van der Waals surface area contributed by atoms with E-state index in [1.54, 1.807) is 13.2 Å². The van der Waals surface area contributed by atoms with Crippen LogP contribution in [0.5, 0.6) is 11.5 Å². The van der Waals surface area contributed by atoms with Crippen LogP contribution in [0.3, 0.4) is 0 Å². The Bertz CT molecular complexity index is 598. The molecule has 0 unspecified atom stereocenters. The molecule has 30 heavy (non-hydrogen) atoms. The van der Waals surface area contributed by atoms with Crippen LogP contribution in [-0.2, 0) is 11.2 Å². The molecule has 0 saturated heterocycles. The lowest BCUT2D eigenvalue weighted by Gasteiger charge is -2.06. The van der Waals surface area contributed by atoms with E-state index in [1.807, 2.05) is 12.1 Å². The van der Waals surface area contributed by atoms with Crippen LogP contribution in [-0.4, -0.2) is 18.1 Å². The number of allylic oxidation sites excluding steroid dienone is 2. The van der Waals surface area contributed by atoms with Crippen molar-refractivity contribution in [3.05, 3.63) is 35.9 Å². The predicted molar refractivity (Wildman–Crippen MR) is 126 cm³/mol. The van der Waals surface area contributed by atoms with Gasteiger partial charge in [-0.3, -0.25) is 4.79 Å². The van der Waals surface area contributed by atoms with Crippen molar-refractivity contribution in [1.29, 1.82) is 0 Å². The van der Waals surface area contributed by atoms with Gasteiger partial charge < -0.3 is 15.6 Å². The monoisotopic (exact) mass is 417 g/mol. The first-order valence-electron chi connectivity index (χ1n) is 11.9. The molecule has 1 aromatic carbocycles. The van der Waals surface area contributed by atoms with Crippen LogP contribution >= 0.6 is 0 Å². The molecule has 4 nitrogen and oxygen atoms in total. The number of ether oxygens (including phenoxy) is 1. The molecule has 0 bridgehead atoms. The van der Waals surface area contributed by atoms with Crippen LogP contribution in [0.2, 0.25) is 0 Å². The number of hydrogen-bond donors (Lipinski definition) is 2. The largest absolute Gasteiger partial charge is 0.504 e. The molecule has 170 valence electrons. The number of hydrogen-bond acceptors (Lipinski definition) is 3. The minimum Gasteiger partial charge on any atom is -0.504 e. The maximum Gasteiger partial charge on any atom is 0.217 e. The van der Waals surface area contributed by atoms with Gasteiger partial charge in [0.05, 0.1) is 7.11 Å². The van der Waals surface area contributed by atoms with Gasteiger partial charge in [0.15, 0.2) is 11.5 Å². The Morgan fingerprint density at radius 3 is 1.97 bits per heavy atom. The maximum absolute atomic E-state index is 10.6. The second-order valence-corrected chi connectivity index (χ2v) is 8.26. The van der Waals surface area contributed by atoms with E-state index in [2.05, 4.69) is 12.2 Å². The minimum absolute atomic E-state index is 0.176. The first-order valence-corrected chi connectivity index (χ1v) is 11.9. The molecule has 0 radical (unpaired) electrons. The quantitative estimate of drug-likeness (QED) is 0.191. The molecular formula is C26H43NO3. The van der Waals surface area contributed by atoms with Gasteiger partial charge in [-0.2, -0.15) is 0 Å². The van der Waals surface area contributed by atoms with Gasteiger partial charge in [-0.25, -0.2) is 0 Å². The Kier molecular flexibility index (Phi) is 15.5. The smallest absolute Gasteiger partial charge is 0.217 e. The number of aromatic hydroxyl groups is 1. The molecule has 0 atom stereocenters. The fourth-order valence-electron chi connectivity index (χ4n) is 3.68. The standard InChI is InChI=1S/C26H43NO3/c1-30-25-22-23(20-21-24(25)28)18-16-14-12-10-8-6-4-2-3-5-7-9-11-13-15-17-19-26(27)29/h3,5,20-22,28H,2,4,6-19H2,1H3,(H2,27,29)/b5-3-. The number of benzene rings is 1. The summed E-state index contributed by atoms with van der Waals surface area (Å²) >= 11 is 0. The summed E-state index contributed by atoms with van der Waals surface area (Å²) in [6.07, 6.45) is 23.5. The van der Waals surface area contributed by atoms with E-state index in [4.69, 9.17) is 10.5 Å². The highest BCUT2D eigenvalue weighted by molar-refractivity contribution is 5.73. The molecule has 0 aliphatic rings. The first-order chi connectivity index (χ1) is 14.6. The number of primary amides is 1. The highest BCUT2D eigenvalue weighted by atomic mass is 16.5. The van der Waals surface area contributed by atoms with Gasteiger partial charge >= 0.3 is 0 Å². The van der Waals surface area contributed by atoms with Crippen molar-refractivity contribution in [3.63, 3.8) is 0 Å². The van der Waals surface area contributed by atoms with Crippen molar-refractivity contribution < 1.29 is 14.6 Å². The van der Waals surface area contributed by atoms with E-state index in [1.165, 1.54) is 82.6 Å². The number of aryl methyl sites for hydroxylation is 1. The zero-order valence-corrected chi connectivity index (χ0v) is 19.0. The average Bonchev–Trinajstić information content (AvgIpc) is 2.73. The molecule has 0 aliphatic carbocycles. The van der Waals surface area contributed by atoms with Crippen molar-refractivity contribution in [2.24, 2.45) is 5.73 Å². The second kappa shape index (κ2) is 17.9. The predicted octanol–water partition coefficient (Wildman–Crippen LogP) is 6.84. The third-order valence-corrected chi connectivity index (χ3v) is 5.54. The molecule has 0 saturated carbocycles. The number of carbonyl (C=O) groups is 1. The van der Waals surface area contributed by atoms with Crippen LogP contribution in [0.4, 0.5) is 0 Å². The molecule has 0 heterocycles. The number of amides is 1. The summed E-state index contributed by atoms with van der Waals surface area (Å²) in [6, 6.07) is 5.64. The Hall–Kier alpha value is -1.97. The molecule has 1 aromatic rings. The van der Waals surface area contributed by atoms with Crippen LogP contribution in [0.25, 0.3) is 0 Å². The lowest BCUT2D eigenvalue weighted by molar-refractivity contribution is -0.118. The molecule has 0 aromatic heterocycles. The van der Waals surface area contributed by atoms with E-state index >= 15 is 0 Å². The highest BCUT2D eigenvalue weighted by Gasteiger charge is 2.02. The van der Waals surface area contributed by atoms with E-state index < -0.39 is 0 Å². The minimum atomic E-state index is -0.176. The number of phenolic OH excluding ortho intramolecular Hbond substituents is 1. The molecule has 0 aliphatic heterocycles. The SMILES string of the molecule is COc1cc(CCCCCCCCC/C=C\CCCCCCCC(N)=O)ccc1O. The van der Waals surface area contributed by atoms with E-state index in [0.717, 1.165) is 19.3 Å². The lowest BCUT2D eigenvalue weighted by atomic mass is 10.0. The van der Waals surface area contributed by atoms with Crippen molar-refractivity contribution in [1.82, 2.24) is 0 Å². The Morgan fingerprint density at radius 1 is 0.867 bits per heavy atom.